The quantitative estimate of drug-likeness (QED) is 0.916. The Morgan fingerprint density at radius 3 is 2.86 bits per heavy atom. The van der Waals surface area contributed by atoms with E-state index >= 15 is 0 Å². The molecule has 0 spiro atoms. The van der Waals surface area contributed by atoms with Crippen molar-refractivity contribution in [3.8, 4) is 0 Å². The van der Waals surface area contributed by atoms with Crippen molar-refractivity contribution in [2.45, 2.75) is 25.8 Å². The highest BCUT2D eigenvalue weighted by Crippen LogP contribution is 2.26. The maximum atomic E-state index is 13.0. The van der Waals surface area contributed by atoms with Crippen LogP contribution in [-0.2, 0) is 4.79 Å². The molecule has 0 saturated carbocycles. The summed E-state index contributed by atoms with van der Waals surface area (Å²) in [7, 11) is 0. The van der Waals surface area contributed by atoms with E-state index in [0.717, 1.165) is 51.4 Å². The van der Waals surface area contributed by atoms with E-state index in [-0.39, 0.29) is 11.9 Å². The van der Waals surface area contributed by atoms with Gasteiger partial charge < -0.3 is 14.6 Å². The number of amides is 1. The van der Waals surface area contributed by atoms with Crippen LogP contribution in [0.3, 0.4) is 0 Å². The lowest BCUT2D eigenvalue weighted by Crippen LogP contribution is -2.51. The fourth-order valence-corrected chi connectivity index (χ4v) is 3.41. The van der Waals surface area contributed by atoms with Gasteiger partial charge in [0.15, 0.2) is 0 Å². The molecule has 2 aliphatic heterocycles. The molecule has 0 aromatic carbocycles. The number of likely N-dealkylation sites (tertiary alicyclic amines) is 1. The van der Waals surface area contributed by atoms with Crippen molar-refractivity contribution >= 4 is 5.91 Å². The van der Waals surface area contributed by atoms with Gasteiger partial charge in [0, 0.05) is 39.3 Å². The van der Waals surface area contributed by atoms with Gasteiger partial charge in [0.05, 0.1) is 6.26 Å². The van der Waals surface area contributed by atoms with E-state index in [1.807, 2.05) is 17.0 Å². The van der Waals surface area contributed by atoms with E-state index in [1.165, 1.54) is 6.42 Å². The minimum atomic E-state index is -0.257. The van der Waals surface area contributed by atoms with E-state index in [0.29, 0.717) is 5.92 Å². The molecular weight excluding hydrogens is 266 g/mol. The second kappa shape index (κ2) is 6.62. The van der Waals surface area contributed by atoms with Gasteiger partial charge in [-0.25, -0.2) is 0 Å². The largest absolute Gasteiger partial charge is 0.467 e. The number of hydrogen-bond donors (Lipinski definition) is 1. The maximum Gasteiger partial charge on any atom is 0.247 e. The number of carbonyl (C=O) groups excluding carboxylic acids is 1. The van der Waals surface area contributed by atoms with E-state index in [4.69, 9.17) is 4.42 Å². The molecule has 1 amide bonds. The van der Waals surface area contributed by atoms with E-state index < -0.39 is 0 Å². The van der Waals surface area contributed by atoms with E-state index in [9.17, 15) is 4.79 Å². The zero-order chi connectivity index (χ0) is 14.7. The molecule has 0 aliphatic carbocycles. The van der Waals surface area contributed by atoms with Gasteiger partial charge in [-0.15, -0.1) is 0 Å². The fraction of sp³-hybridized carbons (Fsp3) is 0.688. The third-order valence-electron chi connectivity index (χ3n) is 4.53. The first-order valence-corrected chi connectivity index (χ1v) is 8.02. The number of piperazine rings is 1. The number of carbonyl (C=O) groups is 1. The average Bonchev–Trinajstić information content (AvgIpc) is 3.02. The number of nitrogens with zero attached hydrogens (tertiary/aromatic N) is 2. The fourth-order valence-electron chi connectivity index (χ4n) is 3.41. The molecule has 5 heteroatoms. The smallest absolute Gasteiger partial charge is 0.247 e. The van der Waals surface area contributed by atoms with E-state index in [1.54, 1.807) is 6.26 Å². The summed E-state index contributed by atoms with van der Waals surface area (Å²) in [6.07, 6.45) is 4.00. The van der Waals surface area contributed by atoms with E-state index in [2.05, 4.69) is 17.1 Å². The van der Waals surface area contributed by atoms with Gasteiger partial charge >= 0.3 is 0 Å². The van der Waals surface area contributed by atoms with Crippen molar-refractivity contribution in [3.63, 3.8) is 0 Å². The lowest BCUT2D eigenvalue weighted by atomic mass is 9.99. The Morgan fingerprint density at radius 2 is 2.19 bits per heavy atom. The summed E-state index contributed by atoms with van der Waals surface area (Å²) < 4.78 is 5.58. The molecule has 0 bridgehead atoms. The average molecular weight is 291 g/mol. The third-order valence-corrected chi connectivity index (χ3v) is 4.53. The Bertz CT molecular complexity index is 454. The molecule has 3 rings (SSSR count). The highest BCUT2D eigenvalue weighted by atomic mass is 16.3. The second-order valence-electron chi connectivity index (χ2n) is 6.24. The van der Waals surface area contributed by atoms with Crippen LogP contribution in [0.5, 0.6) is 0 Å². The Balaban J connectivity index is 1.79. The molecule has 2 unspecified atom stereocenters. The minimum Gasteiger partial charge on any atom is -0.467 e. The highest BCUT2D eigenvalue weighted by molar-refractivity contribution is 5.82. The van der Waals surface area contributed by atoms with Crippen molar-refractivity contribution < 1.29 is 9.21 Å². The first-order chi connectivity index (χ1) is 10.3. The van der Waals surface area contributed by atoms with Crippen LogP contribution < -0.4 is 5.32 Å². The Morgan fingerprint density at radius 1 is 1.38 bits per heavy atom. The van der Waals surface area contributed by atoms with Gasteiger partial charge in [-0.3, -0.25) is 9.69 Å². The molecule has 1 aromatic heterocycles. The maximum absolute atomic E-state index is 13.0. The lowest BCUT2D eigenvalue weighted by Gasteiger charge is -2.38. The Labute approximate surface area is 126 Å². The molecule has 21 heavy (non-hydrogen) atoms. The standard InChI is InChI=1S/C16H25N3O2/c1-13-4-2-8-19(12-13)16(20)15(14-5-3-11-21-14)18-9-6-17-7-10-18/h3,5,11,13,15,17H,2,4,6-10,12H2,1H3. The van der Waals surface area contributed by atoms with Gasteiger partial charge in [-0.1, -0.05) is 6.92 Å². The number of furan rings is 1. The zero-order valence-corrected chi connectivity index (χ0v) is 12.8. The molecule has 1 aromatic rings. The monoisotopic (exact) mass is 291 g/mol. The van der Waals surface area contributed by atoms with Crippen molar-refractivity contribution in [1.82, 2.24) is 15.1 Å². The van der Waals surface area contributed by atoms with Gasteiger partial charge in [0.1, 0.15) is 11.8 Å². The summed E-state index contributed by atoms with van der Waals surface area (Å²) in [4.78, 5) is 17.3. The van der Waals surface area contributed by atoms with Crippen molar-refractivity contribution in [2.24, 2.45) is 5.92 Å². The topological polar surface area (TPSA) is 48.7 Å². The summed E-state index contributed by atoms with van der Waals surface area (Å²) in [5, 5.41) is 3.34. The molecule has 2 aliphatic rings. The van der Waals surface area contributed by atoms with Crippen LogP contribution in [0.2, 0.25) is 0 Å². The van der Waals surface area contributed by atoms with Crippen LogP contribution in [0.25, 0.3) is 0 Å². The van der Waals surface area contributed by atoms with Crippen molar-refractivity contribution in [3.05, 3.63) is 24.2 Å². The summed E-state index contributed by atoms with van der Waals surface area (Å²) in [6.45, 7) is 7.63. The number of hydrogen-bond acceptors (Lipinski definition) is 4. The molecule has 116 valence electrons. The highest BCUT2D eigenvalue weighted by Gasteiger charge is 2.35. The molecule has 3 heterocycles. The predicted octanol–water partition coefficient (Wildman–Crippen LogP) is 1.48. The predicted molar refractivity (Wildman–Crippen MR) is 80.9 cm³/mol. The Kier molecular flexibility index (Phi) is 4.60. The van der Waals surface area contributed by atoms with Gasteiger partial charge in [-0.2, -0.15) is 0 Å². The Hall–Kier alpha value is -1.33. The van der Waals surface area contributed by atoms with Crippen LogP contribution >= 0.6 is 0 Å². The summed E-state index contributed by atoms with van der Waals surface area (Å²) in [5.74, 6) is 1.58. The first kappa shape index (κ1) is 14.6. The molecular formula is C16H25N3O2. The third kappa shape index (κ3) is 3.30. The number of rotatable bonds is 3. The van der Waals surface area contributed by atoms with Gasteiger partial charge in [-0.05, 0) is 30.9 Å². The molecule has 2 saturated heterocycles. The molecule has 2 fully saturated rings. The van der Waals surface area contributed by atoms with Crippen molar-refractivity contribution in [1.29, 1.82) is 0 Å². The first-order valence-electron chi connectivity index (χ1n) is 8.02. The number of nitrogens with one attached hydrogen (secondary N) is 1. The summed E-state index contributed by atoms with van der Waals surface area (Å²) in [6, 6.07) is 3.54. The summed E-state index contributed by atoms with van der Waals surface area (Å²) in [5.41, 5.74) is 0. The van der Waals surface area contributed by atoms with Crippen LogP contribution in [0.4, 0.5) is 0 Å². The molecule has 1 N–H and O–H groups in total. The SMILES string of the molecule is CC1CCCN(C(=O)C(c2ccco2)N2CCNCC2)C1. The lowest BCUT2D eigenvalue weighted by molar-refractivity contribution is -0.140. The van der Waals surface area contributed by atoms with Crippen LogP contribution in [-0.4, -0.2) is 55.0 Å². The normalized spacial score (nSPS) is 25.8. The van der Waals surface area contributed by atoms with Gasteiger partial charge in [0.25, 0.3) is 0 Å². The molecule has 5 nitrogen and oxygen atoms in total. The molecule has 2 atom stereocenters. The molecule has 0 radical (unpaired) electrons. The van der Waals surface area contributed by atoms with Crippen LogP contribution in [0, 0.1) is 5.92 Å². The second-order valence-corrected chi connectivity index (χ2v) is 6.24. The minimum absolute atomic E-state index is 0.207. The zero-order valence-electron chi connectivity index (χ0n) is 12.8. The summed E-state index contributed by atoms with van der Waals surface area (Å²) >= 11 is 0. The van der Waals surface area contributed by atoms with Crippen LogP contribution in [0.15, 0.2) is 22.8 Å². The van der Waals surface area contributed by atoms with Crippen LogP contribution in [0.1, 0.15) is 31.6 Å². The van der Waals surface area contributed by atoms with Gasteiger partial charge in [0.2, 0.25) is 5.91 Å². The van der Waals surface area contributed by atoms with Crippen molar-refractivity contribution in [2.75, 3.05) is 39.3 Å². The number of piperidine rings is 1.